The summed E-state index contributed by atoms with van der Waals surface area (Å²) in [4.78, 5) is 0. The smallest absolute Gasteiger partial charge is 0.0233 e. The van der Waals surface area contributed by atoms with E-state index in [4.69, 9.17) is 0 Å². The van der Waals surface area contributed by atoms with Crippen molar-refractivity contribution < 1.29 is 0 Å². The van der Waals surface area contributed by atoms with Crippen molar-refractivity contribution in [1.29, 1.82) is 0 Å². The molecule has 0 heteroatoms. The maximum atomic E-state index is 2.50. The molecule has 0 spiro atoms. The van der Waals surface area contributed by atoms with Crippen molar-refractivity contribution in [1.82, 2.24) is 0 Å². The molecule has 1 unspecified atom stereocenters. The second kappa shape index (κ2) is 50.6. The summed E-state index contributed by atoms with van der Waals surface area (Å²) >= 11 is 0. The highest BCUT2D eigenvalue weighted by Crippen LogP contribution is 2.61. The normalized spacial score (nSPS) is 20.4. The molecule has 5 saturated carbocycles. The zero-order chi connectivity index (χ0) is 103. The van der Waals surface area contributed by atoms with Gasteiger partial charge in [0.2, 0.25) is 0 Å². The Balaban J connectivity index is 0.000000275. The standard InChI is InChI=1S/2C22H30.2C20H26.C12H24.4C10H20/c2*1-17(2)21(5,18(3)4)22(6,19-13-9-7-10-14-19)20-15-11-8-12-16-20;2*1-5-19(3,6-2)20(4,17-13-9-7-10-14-17)18-15-11-8-12-16-18;1-5-11(3)9-7-8-10-12(11,4)6-2;4*1-9(2)7-5-6-8-10(9,3)4/h2*7-18H,1-6H3;2*7-16H,5-6H2,1-4H3;5-10H2,1-4H3;4*5-8H2,1-4H3/t;;;;11-,12?;;;;/m....1..../s1. The maximum absolute atomic E-state index is 2.50. The van der Waals surface area contributed by atoms with Crippen LogP contribution >= 0.6 is 0 Å². The van der Waals surface area contributed by atoms with E-state index in [1.54, 1.807) is 0 Å². The van der Waals surface area contributed by atoms with Gasteiger partial charge in [-0.2, -0.15) is 0 Å². The first-order valence-electron chi connectivity index (χ1n) is 55.7. The Morgan fingerprint density at radius 1 is 0.184 bits per heavy atom. The van der Waals surface area contributed by atoms with Gasteiger partial charge in [-0.3, -0.25) is 0 Å². The van der Waals surface area contributed by atoms with E-state index >= 15 is 0 Å². The number of hydrogen-bond donors (Lipinski definition) is 0. The van der Waals surface area contributed by atoms with Crippen LogP contribution in [0, 0.1) is 99.5 Å². The first kappa shape index (κ1) is 120. The highest BCUT2D eigenvalue weighted by Gasteiger charge is 2.54. The van der Waals surface area contributed by atoms with E-state index < -0.39 is 0 Å². The molecule has 8 aromatic rings. The molecule has 0 aromatic heterocycles. The molecule has 8 aromatic carbocycles. The Hall–Kier alpha value is -6.24. The quantitative estimate of drug-likeness (QED) is 0.0634. The molecule has 0 N–H and O–H groups in total. The molecule has 5 aliphatic rings. The highest BCUT2D eigenvalue weighted by molar-refractivity contribution is 5.46. The van der Waals surface area contributed by atoms with E-state index in [1.807, 2.05) is 0 Å². The lowest BCUT2D eigenvalue weighted by atomic mass is 9.50. The van der Waals surface area contributed by atoms with Gasteiger partial charge in [0.15, 0.2) is 0 Å². The molecule has 0 radical (unpaired) electrons. The van der Waals surface area contributed by atoms with Crippen LogP contribution in [0.3, 0.4) is 0 Å². The Morgan fingerprint density at radius 2 is 0.301 bits per heavy atom. The van der Waals surface area contributed by atoms with Gasteiger partial charge >= 0.3 is 0 Å². The van der Waals surface area contributed by atoms with Crippen molar-refractivity contribution in [3.05, 3.63) is 287 Å². The minimum atomic E-state index is -0.0160. The van der Waals surface area contributed by atoms with Gasteiger partial charge in [0.25, 0.3) is 0 Å². The molecule has 0 heterocycles. The Bertz CT molecular complexity index is 3970. The lowest BCUT2D eigenvalue weighted by molar-refractivity contribution is 0.00896. The topological polar surface area (TPSA) is 0 Å². The van der Waals surface area contributed by atoms with Gasteiger partial charge < -0.3 is 0 Å². The van der Waals surface area contributed by atoms with E-state index in [9.17, 15) is 0 Å². The monoisotopic (exact) mass is 1850 g/mol. The van der Waals surface area contributed by atoms with Crippen LogP contribution in [0.25, 0.3) is 0 Å². The molecule has 0 aliphatic heterocycles. The largest absolute Gasteiger partial charge is 0.0648 e. The van der Waals surface area contributed by atoms with Crippen molar-refractivity contribution in [3.63, 3.8) is 0 Å². The average Bonchev–Trinajstić information content (AvgIpc) is 0.727. The molecule has 13 rings (SSSR count). The van der Waals surface area contributed by atoms with E-state index in [-0.39, 0.29) is 43.3 Å². The molecule has 0 bridgehead atoms. The molecule has 0 saturated heterocycles. The van der Waals surface area contributed by atoms with Crippen LogP contribution in [0.4, 0.5) is 0 Å². The van der Waals surface area contributed by atoms with E-state index in [0.717, 1.165) is 0 Å². The highest BCUT2D eigenvalue weighted by atomic mass is 14.6. The van der Waals surface area contributed by atoms with Crippen LogP contribution in [-0.4, -0.2) is 0 Å². The summed E-state index contributed by atoms with van der Waals surface area (Å²) in [5, 5.41) is 0. The van der Waals surface area contributed by atoms with Gasteiger partial charge in [0.05, 0.1) is 0 Å². The van der Waals surface area contributed by atoms with Crippen molar-refractivity contribution in [2.45, 2.75) is 466 Å². The van der Waals surface area contributed by atoms with Crippen LogP contribution in [0.2, 0.25) is 0 Å². The molecule has 2 atom stereocenters. The SMILES string of the molecule is CC(C)C(C)(C(C)C)C(C)(c1ccccc1)c1ccccc1.CC(C)C(C)(C(C)C)C(C)(c1ccccc1)c1ccccc1.CC1(C)CCCCC1(C)C.CC1(C)CCCCC1(C)C.CC1(C)CCCCC1(C)C.CC1(C)CCCCC1(C)C.CCC(C)(CC)C(C)(c1ccccc1)c1ccccc1.CCC(C)(CC)C(C)(c1ccccc1)c1ccccc1.CCC1(C)CCCC[C@@]1(C)CC. The fraction of sp³-hybridized carbons (Fsp3) is 0.647. The Labute approximate surface area is 846 Å². The summed E-state index contributed by atoms with van der Waals surface area (Å²) < 4.78 is 0. The van der Waals surface area contributed by atoms with Crippen LogP contribution in [0.1, 0.15) is 488 Å². The molecule has 760 valence electrons. The third kappa shape index (κ3) is 27.4. The third-order valence-electron chi connectivity index (χ3n) is 42.8. The van der Waals surface area contributed by atoms with Gasteiger partial charge in [-0.15, -0.1) is 0 Å². The summed E-state index contributed by atoms with van der Waals surface area (Å²) in [5.41, 5.74) is 18.0. The first-order valence-corrected chi connectivity index (χ1v) is 55.7. The van der Waals surface area contributed by atoms with Gasteiger partial charge in [-0.1, -0.05) is 597 Å². The zero-order valence-electron chi connectivity index (χ0n) is 96.8. The van der Waals surface area contributed by atoms with Gasteiger partial charge in [-0.25, -0.2) is 0 Å². The van der Waals surface area contributed by atoms with Gasteiger partial charge in [0, 0.05) is 21.7 Å². The summed E-state index contributed by atoms with van der Waals surface area (Å²) in [7, 11) is 0. The van der Waals surface area contributed by atoms with Crippen molar-refractivity contribution in [3.8, 4) is 0 Å². The van der Waals surface area contributed by atoms with E-state index in [0.29, 0.717) is 77.8 Å². The number of hydrogen-bond acceptors (Lipinski definition) is 0. The first-order chi connectivity index (χ1) is 63.3. The number of rotatable bonds is 22. The molecule has 5 fully saturated rings. The predicted octanol–water partition coefficient (Wildman–Crippen LogP) is 43.1. The molecular weight excluding hydrogens is 1630 g/mol. The van der Waals surface area contributed by atoms with E-state index in [1.165, 1.54) is 211 Å². The molecular formula is C136H216. The second-order valence-corrected chi connectivity index (χ2v) is 52.1. The Kier molecular flexibility index (Phi) is 44.8. The van der Waals surface area contributed by atoms with Crippen LogP contribution in [0.5, 0.6) is 0 Å². The molecule has 0 amide bonds. The lowest BCUT2D eigenvalue weighted by Crippen LogP contribution is -2.49. The van der Waals surface area contributed by atoms with Crippen LogP contribution in [0.15, 0.2) is 243 Å². The van der Waals surface area contributed by atoms with Gasteiger partial charge in [-0.05, 0) is 234 Å². The average molecular weight is 1850 g/mol. The summed E-state index contributed by atoms with van der Waals surface area (Å²) in [6.45, 7) is 95.9. The zero-order valence-corrected chi connectivity index (χ0v) is 96.8. The van der Waals surface area contributed by atoms with Crippen molar-refractivity contribution in [2.24, 2.45) is 99.5 Å². The van der Waals surface area contributed by atoms with Crippen molar-refractivity contribution >= 4 is 0 Å². The van der Waals surface area contributed by atoms with Crippen LogP contribution < -0.4 is 0 Å². The summed E-state index contributed by atoms with van der Waals surface area (Å²) in [6.07, 6.45) is 36.1. The summed E-state index contributed by atoms with van der Waals surface area (Å²) in [5.74, 6) is 2.33. The predicted molar refractivity (Wildman–Crippen MR) is 610 cm³/mol. The molecule has 0 nitrogen and oxygen atoms in total. The molecule has 5 aliphatic carbocycles. The fourth-order valence-corrected chi connectivity index (χ4v) is 25.1. The second-order valence-electron chi connectivity index (χ2n) is 52.1. The Morgan fingerprint density at radius 3 is 0.404 bits per heavy atom. The minimum Gasteiger partial charge on any atom is -0.0648 e. The lowest BCUT2D eigenvalue weighted by Gasteiger charge is -2.53. The summed E-state index contributed by atoms with van der Waals surface area (Å²) in [6, 6.07) is 87.9. The minimum absolute atomic E-state index is 0.0160. The maximum Gasteiger partial charge on any atom is 0.0233 e. The van der Waals surface area contributed by atoms with Crippen LogP contribution in [-0.2, 0) is 21.7 Å². The number of benzene rings is 8. The van der Waals surface area contributed by atoms with Crippen molar-refractivity contribution in [2.75, 3.05) is 0 Å². The van der Waals surface area contributed by atoms with E-state index in [2.05, 4.69) is 520 Å². The fourth-order valence-electron chi connectivity index (χ4n) is 25.1. The van der Waals surface area contributed by atoms with Gasteiger partial charge in [0.1, 0.15) is 0 Å². The third-order valence-corrected chi connectivity index (χ3v) is 42.8. The molecule has 136 heavy (non-hydrogen) atoms.